The molecule has 4 nitrogen and oxygen atoms in total. The Morgan fingerprint density at radius 2 is 2.13 bits per heavy atom. The zero-order valence-corrected chi connectivity index (χ0v) is 9.78. The van der Waals surface area contributed by atoms with Crippen LogP contribution in [0.2, 0.25) is 0 Å². The molecule has 15 heavy (non-hydrogen) atoms. The molecule has 0 aromatic rings. The summed E-state index contributed by atoms with van der Waals surface area (Å²) in [6.45, 7) is 7.87. The van der Waals surface area contributed by atoms with Crippen LogP contribution in [0.4, 0.5) is 0 Å². The molecule has 0 aromatic heterocycles. The summed E-state index contributed by atoms with van der Waals surface area (Å²) >= 11 is 0. The second-order valence-corrected chi connectivity index (χ2v) is 5.49. The average Bonchev–Trinajstić information content (AvgIpc) is 1.97. The van der Waals surface area contributed by atoms with E-state index in [0.29, 0.717) is 6.61 Å². The van der Waals surface area contributed by atoms with E-state index in [1.807, 2.05) is 13.8 Å². The Kier molecular flexibility index (Phi) is 2.14. The summed E-state index contributed by atoms with van der Waals surface area (Å²) < 4.78 is 5.55. The summed E-state index contributed by atoms with van der Waals surface area (Å²) in [6.07, 6.45) is 0.823. The summed E-state index contributed by atoms with van der Waals surface area (Å²) in [6, 6.07) is 0.140. The minimum Gasteiger partial charge on any atom is -0.390 e. The minimum absolute atomic E-state index is 0.0113. The van der Waals surface area contributed by atoms with Gasteiger partial charge in [0.25, 0.3) is 0 Å². The Morgan fingerprint density at radius 1 is 1.53 bits per heavy atom. The molecule has 2 aliphatic heterocycles. The van der Waals surface area contributed by atoms with E-state index in [-0.39, 0.29) is 17.9 Å². The highest BCUT2D eigenvalue weighted by molar-refractivity contribution is 5.88. The molecule has 0 spiro atoms. The molecule has 0 aromatic carbocycles. The Labute approximate surface area is 90.2 Å². The third-order valence-corrected chi connectivity index (χ3v) is 3.43. The van der Waals surface area contributed by atoms with Gasteiger partial charge in [0.1, 0.15) is 5.72 Å². The lowest BCUT2D eigenvalue weighted by Gasteiger charge is -2.60. The van der Waals surface area contributed by atoms with Crippen LogP contribution in [0.1, 0.15) is 34.1 Å². The normalized spacial score (nSPS) is 34.7. The van der Waals surface area contributed by atoms with Crippen molar-refractivity contribution in [2.75, 3.05) is 6.61 Å². The number of aliphatic hydroxyl groups is 1. The molecular weight excluding hydrogens is 194 g/mol. The average molecular weight is 213 g/mol. The Balaban J connectivity index is 2.22. The molecule has 2 atom stereocenters. The van der Waals surface area contributed by atoms with Gasteiger partial charge in [-0.15, -0.1) is 0 Å². The van der Waals surface area contributed by atoms with Crippen LogP contribution in [0.5, 0.6) is 0 Å². The monoisotopic (exact) mass is 213 g/mol. The van der Waals surface area contributed by atoms with Crippen molar-refractivity contribution >= 4 is 5.91 Å². The number of carbonyl (C=O) groups excluding carboxylic acids is 1. The van der Waals surface area contributed by atoms with Crippen LogP contribution >= 0.6 is 0 Å². The minimum atomic E-state index is -0.925. The van der Waals surface area contributed by atoms with Crippen LogP contribution in [0.25, 0.3) is 0 Å². The van der Waals surface area contributed by atoms with Crippen molar-refractivity contribution in [2.24, 2.45) is 5.92 Å². The van der Waals surface area contributed by atoms with E-state index in [4.69, 9.17) is 4.74 Å². The van der Waals surface area contributed by atoms with Crippen molar-refractivity contribution in [1.29, 1.82) is 0 Å². The van der Waals surface area contributed by atoms with Crippen LogP contribution in [0, 0.1) is 5.92 Å². The second kappa shape index (κ2) is 2.95. The standard InChI is InChI=1S/C11H19NO3/c1-10(2,14)8-7-5-6-15-11(3,4)12(7)9(8)13/h7-8,14H,5-6H2,1-4H3/t7-,8-/m1/s1. The molecule has 0 radical (unpaired) electrons. The summed E-state index contributed by atoms with van der Waals surface area (Å²) in [4.78, 5) is 13.7. The first-order valence-electron chi connectivity index (χ1n) is 5.44. The van der Waals surface area contributed by atoms with Crippen LogP contribution in [-0.4, -0.2) is 39.9 Å². The van der Waals surface area contributed by atoms with Crippen molar-refractivity contribution in [1.82, 2.24) is 4.90 Å². The summed E-state index contributed by atoms with van der Waals surface area (Å²) in [5.41, 5.74) is -1.44. The number of ether oxygens (including phenoxy) is 1. The zero-order chi connectivity index (χ0) is 11.4. The Bertz CT molecular complexity index is 285. The van der Waals surface area contributed by atoms with Crippen molar-refractivity contribution in [3.8, 4) is 0 Å². The molecule has 86 valence electrons. The first kappa shape index (κ1) is 10.9. The molecule has 4 heteroatoms. The van der Waals surface area contributed by atoms with Crippen molar-refractivity contribution < 1.29 is 14.6 Å². The maximum Gasteiger partial charge on any atom is 0.233 e. The van der Waals surface area contributed by atoms with Gasteiger partial charge in [0.2, 0.25) is 5.91 Å². The van der Waals surface area contributed by atoms with Gasteiger partial charge < -0.3 is 14.7 Å². The first-order valence-corrected chi connectivity index (χ1v) is 5.44. The van der Waals surface area contributed by atoms with E-state index in [1.165, 1.54) is 0 Å². The Morgan fingerprint density at radius 3 is 2.67 bits per heavy atom. The molecule has 0 unspecified atom stereocenters. The smallest absolute Gasteiger partial charge is 0.233 e. The largest absolute Gasteiger partial charge is 0.390 e. The van der Waals surface area contributed by atoms with Gasteiger partial charge in [0.05, 0.1) is 24.2 Å². The fourth-order valence-corrected chi connectivity index (χ4v) is 2.78. The molecule has 2 aliphatic rings. The number of amides is 1. The topological polar surface area (TPSA) is 49.8 Å². The molecule has 2 heterocycles. The lowest BCUT2D eigenvalue weighted by Crippen LogP contribution is -2.75. The Hall–Kier alpha value is -0.610. The lowest BCUT2D eigenvalue weighted by atomic mass is 9.73. The third kappa shape index (κ3) is 1.47. The molecule has 2 saturated heterocycles. The zero-order valence-electron chi connectivity index (χ0n) is 9.78. The predicted octanol–water partition coefficient (Wildman–Crippen LogP) is 0.741. The van der Waals surface area contributed by atoms with E-state index >= 15 is 0 Å². The quantitative estimate of drug-likeness (QED) is 0.654. The molecule has 1 amide bonds. The number of β-lactam (4-membered cyclic amide) rings is 1. The second-order valence-electron chi connectivity index (χ2n) is 5.49. The fraction of sp³-hybridized carbons (Fsp3) is 0.909. The van der Waals surface area contributed by atoms with Crippen LogP contribution in [0.3, 0.4) is 0 Å². The van der Waals surface area contributed by atoms with E-state index in [1.54, 1.807) is 18.7 Å². The fourth-order valence-electron chi connectivity index (χ4n) is 2.78. The van der Waals surface area contributed by atoms with Crippen molar-refractivity contribution in [3.05, 3.63) is 0 Å². The van der Waals surface area contributed by atoms with Crippen LogP contribution in [0.15, 0.2) is 0 Å². The van der Waals surface area contributed by atoms with Gasteiger partial charge in [-0.3, -0.25) is 4.79 Å². The number of hydrogen-bond donors (Lipinski definition) is 1. The van der Waals surface area contributed by atoms with Crippen molar-refractivity contribution in [2.45, 2.75) is 51.5 Å². The maximum absolute atomic E-state index is 11.9. The predicted molar refractivity (Wildman–Crippen MR) is 55.1 cm³/mol. The summed E-state index contributed by atoms with van der Waals surface area (Å²) in [7, 11) is 0. The van der Waals surface area contributed by atoms with Gasteiger partial charge in [-0.05, 0) is 34.1 Å². The first-order chi connectivity index (χ1) is 6.75. The summed E-state index contributed by atoms with van der Waals surface area (Å²) in [5, 5.41) is 9.93. The molecule has 2 fully saturated rings. The number of rotatable bonds is 1. The van der Waals surface area contributed by atoms with Gasteiger partial charge in [-0.25, -0.2) is 0 Å². The molecule has 0 bridgehead atoms. The molecule has 0 saturated carbocycles. The van der Waals surface area contributed by atoms with Gasteiger partial charge in [0, 0.05) is 0 Å². The number of fused-ring (bicyclic) bond motifs is 1. The van der Waals surface area contributed by atoms with Gasteiger partial charge >= 0.3 is 0 Å². The summed E-state index contributed by atoms with van der Waals surface area (Å²) in [5.74, 6) is -0.252. The van der Waals surface area contributed by atoms with E-state index in [0.717, 1.165) is 6.42 Å². The SMILES string of the molecule is CC(C)(O)[C@H]1C(=O)N2[C@@H]1CCOC2(C)C. The van der Waals surface area contributed by atoms with E-state index in [9.17, 15) is 9.90 Å². The van der Waals surface area contributed by atoms with E-state index < -0.39 is 11.3 Å². The highest BCUT2D eigenvalue weighted by Crippen LogP contribution is 2.44. The van der Waals surface area contributed by atoms with Gasteiger partial charge in [-0.2, -0.15) is 0 Å². The van der Waals surface area contributed by atoms with Crippen LogP contribution < -0.4 is 0 Å². The lowest BCUT2D eigenvalue weighted by molar-refractivity contribution is -0.248. The molecule has 1 N–H and O–H groups in total. The molecule has 2 rings (SSSR count). The van der Waals surface area contributed by atoms with Crippen molar-refractivity contribution in [3.63, 3.8) is 0 Å². The van der Waals surface area contributed by atoms with Crippen LogP contribution in [-0.2, 0) is 9.53 Å². The van der Waals surface area contributed by atoms with E-state index in [2.05, 4.69) is 0 Å². The molecular formula is C11H19NO3. The highest BCUT2D eigenvalue weighted by atomic mass is 16.5. The number of nitrogens with zero attached hydrogens (tertiary/aromatic N) is 1. The van der Waals surface area contributed by atoms with Gasteiger partial charge in [0.15, 0.2) is 0 Å². The molecule has 0 aliphatic carbocycles. The maximum atomic E-state index is 11.9. The van der Waals surface area contributed by atoms with Gasteiger partial charge in [-0.1, -0.05) is 0 Å². The number of hydrogen-bond acceptors (Lipinski definition) is 3. The number of carbonyl (C=O) groups is 1. The highest BCUT2D eigenvalue weighted by Gasteiger charge is 2.59. The third-order valence-electron chi connectivity index (χ3n) is 3.43.